The molecule has 0 bridgehead atoms. The van der Waals surface area contributed by atoms with Gasteiger partial charge in [-0.1, -0.05) is 30.3 Å². The van der Waals surface area contributed by atoms with Crippen molar-refractivity contribution in [2.24, 2.45) is 10.7 Å². The Labute approximate surface area is 177 Å². The van der Waals surface area contributed by atoms with E-state index >= 15 is 0 Å². The molecule has 1 atom stereocenters. The summed E-state index contributed by atoms with van der Waals surface area (Å²) in [5.41, 5.74) is 6.11. The minimum atomic E-state index is -4.11. The van der Waals surface area contributed by atoms with Crippen LogP contribution >= 0.6 is 0 Å². The maximum absolute atomic E-state index is 12.7. The van der Waals surface area contributed by atoms with Crippen LogP contribution in [0.2, 0.25) is 0 Å². The van der Waals surface area contributed by atoms with Gasteiger partial charge in [-0.25, -0.2) is 18.4 Å². The van der Waals surface area contributed by atoms with Gasteiger partial charge >= 0.3 is 0 Å². The Kier molecular flexibility index (Phi) is 5.26. The number of aliphatic imine (C=N–C) groups is 1. The predicted molar refractivity (Wildman–Crippen MR) is 110 cm³/mol. The van der Waals surface area contributed by atoms with Gasteiger partial charge in [-0.15, -0.1) is 0 Å². The molecular weight excluding hydrogens is 422 g/mol. The van der Waals surface area contributed by atoms with Gasteiger partial charge in [0.05, 0.1) is 17.8 Å². The smallest absolute Gasteiger partial charge is 0.287 e. The fraction of sp³-hybridized carbons (Fsp3) is 0.100. The molecular formula is C20H17N5O5S. The van der Waals surface area contributed by atoms with Gasteiger partial charge in [-0.05, 0) is 23.8 Å². The average molecular weight is 439 g/mol. The first-order chi connectivity index (χ1) is 14.8. The molecule has 4 rings (SSSR count). The van der Waals surface area contributed by atoms with Crippen LogP contribution in [0.25, 0.3) is 0 Å². The summed E-state index contributed by atoms with van der Waals surface area (Å²) in [6.07, 6.45) is 2.94. The van der Waals surface area contributed by atoms with Crippen molar-refractivity contribution in [1.29, 1.82) is 0 Å². The van der Waals surface area contributed by atoms with Crippen molar-refractivity contribution < 1.29 is 22.4 Å². The average Bonchev–Trinajstić information content (AvgIpc) is 3.28. The standard InChI is InChI=1S/C20H17N5O5S/c21-17(26)13-6-7-15-16(10-13)31(28,29)25-18(24-15)19(27)23-11-14(20-22-8-9-30-20)12-4-2-1-3-5-12/h1-10,14H,11H2,(H2,21,26)(H,23,27)(H,24,25). The highest BCUT2D eigenvalue weighted by Crippen LogP contribution is 2.28. The number of carbonyl (C=O) groups is 2. The van der Waals surface area contributed by atoms with Gasteiger partial charge in [-0.2, -0.15) is 0 Å². The van der Waals surface area contributed by atoms with E-state index in [2.05, 4.69) is 20.0 Å². The molecule has 2 heterocycles. The maximum Gasteiger partial charge on any atom is 0.287 e. The number of amidine groups is 1. The predicted octanol–water partition coefficient (Wildman–Crippen LogP) is 1.04. The molecule has 0 saturated carbocycles. The van der Waals surface area contributed by atoms with E-state index in [9.17, 15) is 18.0 Å². The van der Waals surface area contributed by atoms with Gasteiger partial charge in [0.25, 0.3) is 15.9 Å². The van der Waals surface area contributed by atoms with E-state index in [1.54, 1.807) is 0 Å². The molecule has 0 fully saturated rings. The Morgan fingerprint density at radius 3 is 2.61 bits per heavy atom. The molecule has 2 amide bonds. The van der Waals surface area contributed by atoms with Gasteiger partial charge in [0.15, 0.2) is 0 Å². The Hall–Kier alpha value is -3.99. The number of nitrogens with one attached hydrogen (secondary N) is 2. The SMILES string of the molecule is NC(=O)c1ccc2c(c1)S(=O)(=O)NC(C(=O)NCC(c1ccccc1)c1ncco1)=N2. The molecule has 1 aromatic heterocycles. The molecule has 1 unspecified atom stereocenters. The van der Waals surface area contributed by atoms with Crippen molar-refractivity contribution in [1.82, 2.24) is 15.0 Å². The van der Waals surface area contributed by atoms with E-state index in [0.717, 1.165) is 11.6 Å². The zero-order chi connectivity index (χ0) is 22.0. The van der Waals surface area contributed by atoms with E-state index in [4.69, 9.17) is 10.2 Å². The van der Waals surface area contributed by atoms with Crippen LogP contribution in [0.1, 0.15) is 27.7 Å². The number of amides is 2. The summed E-state index contributed by atoms with van der Waals surface area (Å²) in [5.74, 6) is -1.86. The summed E-state index contributed by atoms with van der Waals surface area (Å²) in [6, 6.07) is 13.1. The molecule has 1 aliphatic rings. The summed E-state index contributed by atoms with van der Waals surface area (Å²) in [5, 5.41) is 2.67. The van der Waals surface area contributed by atoms with E-state index < -0.39 is 27.7 Å². The molecule has 1 aliphatic heterocycles. The lowest BCUT2D eigenvalue weighted by atomic mass is 9.99. The zero-order valence-corrected chi connectivity index (χ0v) is 16.8. The molecule has 11 heteroatoms. The number of primary amides is 1. The van der Waals surface area contributed by atoms with Crippen molar-refractivity contribution in [2.45, 2.75) is 10.8 Å². The Bertz CT molecular complexity index is 1270. The number of oxazole rings is 1. The molecule has 0 radical (unpaired) electrons. The first-order valence-electron chi connectivity index (χ1n) is 9.13. The largest absolute Gasteiger partial charge is 0.448 e. The fourth-order valence-electron chi connectivity index (χ4n) is 3.12. The summed E-state index contributed by atoms with van der Waals surface area (Å²) in [6.45, 7) is 0.0948. The number of carbonyl (C=O) groups excluding carboxylic acids is 2. The highest BCUT2D eigenvalue weighted by molar-refractivity contribution is 7.90. The third kappa shape index (κ3) is 4.16. The number of nitrogens with zero attached hydrogens (tertiary/aromatic N) is 2. The lowest BCUT2D eigenvalue weighted by Crippen LogP contribution is -2.45. The molecule has 0 saturated heterocycles. The van der Waals surface area contributed by atoms with Crippen molar-refractivity contribution in [3.63, 3.8) is 0 Å². The summed E-state index contributed by atoms with van der Waals surface area (Å²) < 4.78 is 32.6. The van der Waals surface area contributed by atoms with E-state index in [1.165, 1.54) is 24.6 Å². The summed E-state index contributed by atoms with van der Waals surface area (Å²) in [4.78, 5) is 32.0. The minimum Gasteiger partial charge on any atom is -0.448 e. The molecule has 3 aromatic rings. The maximum atomic E-state index is 12.7. The monoisotopic (exact) mass is 439 g/mol. The second kappa shape index (κ2) is 8.03. The van der Waals surface area contributed by atoms with Crippen LogP contribution in [0.3, 0.4) is 0 Å². The van der Waals surface area contributed by atoms with Crippen LogP contribution in [-0.4, -0.2) is 37.6 Å². The highest BCUT2D eigenvalue weighted by Gasteiger charge is 2.30. The number of benzene rings is 2. The van der Waals surface area contributed by atoms with E-state index in [1.807, 2.05) is 30.3 Å². The number of fused-ring (bicyclic) bond motifs is 1. The summed E-state index contributed by atoms with van der Waals surface area (Å²) in [7, 11) is -4.11. The fourth-order valence-corrected chi connectivity index (χ4v) is 4.29. The number of hydrogen-bond acceptors (Lipinski definition) is 7. The lowest BCUT2D eigenvalue weighted by molar-refractivity contribution is -0.115. The van der Waals surface area contributed by atoms with Gasteiger partial charge in [0, 0.05) is 12.1 Å². The first kappa shape index (κ1) is 20.3. The highest BCUT2D eigenvalue weighted by atomic mass is 32.2. The zero-order valence-electron chi connectivity index (χ0n) is 16.0. The number of nitrogens with two attached hydrogens (primary N) is 1. The van der Waals surface area contributed by atoms with Crippen LogP contribution in [0.5, 0.6) is 0 Å². The van der Waals surface area contributed by atoms with Crippen molar-refractivity contribution in [3.8, 4) is 0 Å². The van der Waals surface area contributed by atoms with Gasteiger partial charge < -0.3 is 15.5 Å². The molecule has 0 spiro atoms. The molecule has 10 nitrogen and oxygen atoms in total. The normalized spacial score (nSPS) is 15.2. The molecule has 4 N–H and O–H groups in total. The van der Waals surface area contributed by atoms with Crippen LogP contribution < -0.4 is 15.8 Å². The van der Waals surface area contributed by atoms with Gasteiger partial charge in [-0.3, -0.25) is 14.3 Å². The van der Waals surface area contributed by atoms with Crippen LogP contribution in [0.15, 0.2) is 75.3 Å². The first-order valence-corrected chi connectivity index (χ1v) is 10.6. The lowest BCUT2D eigenvalue weighted by Gasteiger charge is -2.19. The third-order valence-corrected chi connectivity index (χ3v) is 6.00. The summed E-state index contributed by atoms with van der Waals surface area (Å²) >= 11 is 0. The number of sulfonamides is 1. The molecule has 2 aromatic carbocycles. The van der Waals surface area contributed by atoms with E-state index in [0.29, 0.717) is 5.89 Å². The van der Waals surface area contributed by atoms with Gasteiger partial charge in [0.2, 0.25) is 17.6 Å². The molecule has 158 valence electrons. The second-order valence-corrected chi connectivity index (χ2v) is 8.31. The van der Waals surface area contributed by atoms with Crippen molar-refractivity contribution in [3.05, 3.63) is 78.0 Å². The van der Waals surface area contributed by atoms with Crippen molar-refractivity contribution >= 4 is 33.4 Å². The Balaban J connectivity index is 1.58. The number of aromatic nitrogens is 1. The quantitative estimate of drug-likeness (QED) is 0.521. The molecule has 31 heavy (non-hydrogen) atoms. The second-order valence-electron chi connectivity index (χ2n) is 6.66. The molecule has 0 aliphatic carbocycles. The van der Waals surface area contributed by atoms with Crippen LogP contribution in [-0.2, 0) is 14.8 Å². The Morgan fingerprint density at radius 1 is 1.16 bits per heavy atom. The minimum absolute atomic E-state index is 0.0175. The Morgan fingerprint density at radius 2 is 1.94 bits per heavy atom. The van der Waals surface area contributed by atoms with Gasteiger partial charge in [0.1, 0.15) is 11.2 Å². The topological polar surface area (TPSA) is 157 Å². The number of hydrogen-bond donors (Lipinski definition) is 3. The van der Waals surface area contributed by atoms with Crippen LogP contribution in [0, 0.1) is 0 Å². The van der Waals surface area contributed by atoms with Crippen molar-refractivity contribution in [2.75, 3.05) is 6.54 Å². The third-order valence-electron chi connectivity index (χ3n) is 4.63. The number of rotatable bonds is 6. The van der Waals surface area contributed by atoms with E-state index in [-0.39, 0.29) is 28.6 Å². The van der Waals surface area contributed by atoms with Crippen LogP contribution in [0.4, 0.5) is 5.69 Å².